The van der Waals surface area contributed by atoms with Crippen LogP contribution in [0.15, 0.2) is 0 Å². The third kappa shape index (κ3) is 6.11. The molecule has 6 heteroatoms. The predicted molar refractivity (Wildman–Crippen MR) is 44.1 cm³/mol. The fourth-order valence-electron chi connectivity index (χ4n) is 0.567. The zero-order valence-electron chi connectivity index (χ0n) is 7.16. The van der Waals surface area contributed by atoms with Crippen LogP contribution in [0.5, 0.6) is 0 Å². The summed E-state index contributed by atoms with van der Waals surface area (Å²) < 4.78 is 28.3. The Morgan fingerprint density at radius 1 is 1.50 bits per heavy atom. The predicted octanol–water partition coefficient (Wildman–Crippen LogP) is -0.511. The van der Waals surface area contributed by atoms with E-state index in [2.05, 4.69) is 9.46 Å². The van der Waals surface area contributed by atoms with E-state index in [1.807, 2.05) is 0 Å². The molecule has 0 fully saturated rings. The summed E-state index contributed by atoms with van der Waals surface area (Å²) >= 11 is 0. The van der Waals surface area contributed by atoms with Crippen LogP contribution in [0.1, 0.15) is 13.3 Å². The summed E-state index contributed by atoms with van der Waals surface area (Å²) in [6, 6.07) is 0. The lowest BCUT2D eigenvalue weighted by Crippen LogP contribution is -2.22. The van der Waals surface area contributed by atoms with Crippen LogP contribution in [-0.2, 0) is 19.6 Å². The van der Waals surface area contributed by atoms with Crippen molar-refractivity contribution in [1.82, 2.24) is 4.72 Å². The minimum absolute atomic E-state index is 0.0171. The molecule has 0 heterocycles. The quantitative estimate of drug-likeness (QED) is 0.473. The first-order valence-electron chi connectivity index (χ1n) is 3.52. The van der Waals surface area contributed by atoms with E-state index in [9.17, 15) is 13.2 Å². The van der Waals surface area contributed by atoms with E-state index in [1.165, 1.54) is 14.0 Å². The van der Waals surface area contributed by atoms with Crippen molar-refractivity contribution >= 4 is 16.0 Å². The van der Waals surface area contributed by atoms with Crippen LogP contribution >= 0.6 is 0 Å². The second kappa shape index (κ2) is 5.10. The van der Waals surface area contributed by atoms with Crippen LogP contribution in [0.2, 0.25) is 0 Å². The number of rotatable bonds is 5. The monoisotopic (exact) mass is 195 g/mol. The van der Waals surface area contributed by atoms with Gasteiger partial charge in [-0.2, -0.15) is 0 Å². The number of carbonyl (C=O) groups is 1. The minimum atomic E-state index is -3.16. The normalized spacial score (nSPS) is 11.2. The number of hydrogen-bond acceptors (Lipinski definition) is 4. The largest absolute Gasteiger partial charge is 0.466 e. The Balaban J connectivity index is 3.51. The molecule has 5 nitrogen and oxygen atoms in total. The van der Waals surface area contributed by atoms with Crippen molar-refractivity contribution in [3.63, 3.8) is 0 Å². The average molecular weight is 195 g/mol. The van der Waals surface area contributed by atoms with E-state index in [-0.39, 0.29) is 12.4 Å². The van der Waals surface area contributed by atoms with Crippen molar-refractivity contribution in [2.24, 2.45) is 0 Å². The molecule has 0 atom stereocenters. The molecule has 0 unspecified atom stereocenters. The van der Waals surface area contributed by atoms with E-state index >= 15 is 0 Å². The van der Waals surface area contributed by atoms with Crippen LogP contribution in [0.4, 0.5) is 0 Å². The first-order chi connectivity index (χ1) is 5.48. The molecule has 0 aliphatic heterocycles. The molecule has 0 spiro atoms. The van der Waals surface area contributed by atoms with E-state index in [0.717, 1.165) is 0 Å². The molecule has 12 heavy (non-hydrogen) atoms. The lowest BCUT2D eigenvalue weighted by molar-refractivity contribution is -0.140. The van der Waals surface area contributed by atoms with Gasteiger partial charge in [-0.25, -0.2) is 13.1 Å². The Morgan fingerprint density at radius 2 is 2.08 bits per heavy atom. The first kappa shape index (κ1) is 11.4. The Morgan fingerprint density at radius 3 is 2.50 bits per heavy atom. The molecule has 0 radical (unpaired) electrons. The molecule has 0 aromatic rings. The fraction of sp³-hybridized carbons (Fsp3) is 0.833. The molecule has 0 aromatic heterocycles. The Bertz CT molecular complexity index is 234. The van der Waals surface area contributed by atoms with Crippen LogP contribution < -0.4 is 4.72 Å². The smallest absolute Gasteiger partial charge is 0.302 e. The van der Waals surface area contributed by atoms with Gasteiger partial charge in [0.15, 0.2) is 0 Å². The summed E-state index contributed by atoms with van der Waals surface area (Å²) in [5.41, 5.74) is 0. The topological polar surface area (TPSA) is 72.5 Å². The number of ether oxygens (including phenoxy) is 1. The van der Waals surface area contributed by atoms with E-state index in [0.29, 0.717) is 6.42 Å². The van der Waals surface area contributed by atoms with E-state index in [4.69, 9.17) is 0 Å². The summed E-state index contributed by atoms with van der Waals surface area (Å²) in [4.78, 5) is 10.3. The Labute approximate surface area is 72.1 Å². The second-order valence-electron chi connectivity index (χ2n) is 2.22. The van der Waals surface area contributed by atoms with Gasteiger partial charge in [0.1, 0.15) is 0 Å². The van der Waals surface area contributed by atoms with Crippen LogP contribution in [0.3, 0.4) is 0 Å². The van der Waals surface area contributed by atoms with Crippen molar-refractivity contribution in [2.45, 2.75) is 13.3 Å². The highest BCUT2D eigenvalue weighted by Gasteiger charge is 2.05. The Hall–Kier alpha value is -0.620. The van der Waals surface area contributed by atoms with Crippen LogP contribution in [0.25, 0.3) is 0 Å². The fourth-order valence-corrected chi connectivity index (χ4v) is 1.27. The van der Waals surface area contributed by atoms with Gasteiger partial charge < -0.3 is 4.74 Å². The molecule has 0 aromatic carbocycles. The maximum absolute atomic E-state index is 10.8. The third-order valence-electron chi connectivity index (χ3n) is 1.17. The number of esters is 1. The van der Waals surface area contributed by atoms with Crippen molar-refractivity contribution in [3.8, 4) is 0 Å². The lowest BCUT2D eigenvalue weighted by atomic mass is 10.5. The molecular weight excluding hydrogens is 182 g/mol. The van der Waals surface area contributed by atoms with Crippen LogP contribution in [0, 0.1) is 0 Å². The highest BCUT2D eigenvalue weighted by molar-refractivity contribution is 7.89. The number of nitrogens with one attached hydrogen (secondary N) is 1. The first-order valence-corrected chi connectivity index (χ1v) is 5.18. The van der Waals surface area contributed by atoms with Crippen molar-refractivity contribution in [1.29, 1.82) is 0 Å². The molecule has 0 rings (SSSR count). The Kier molecular flexibility index (Phi) is 4.84. The highest BCUT2D eigenvalue weighted by Crippen LogP contribution is 1.89. The lowest BCUT2D eigenvalue weighted by Gasteiger charge is -2.02. The zero-order valence-corrected chi connectivity index (χ0v) is 7.98. The number of hydrogen-bond donors (Lipinski definition) is 1. The molecule has 1 N–H and O–H groups in total. The third-order valence-corrected chi connectivity index (χ3v) is 2.62. The molecule has 72 valence electrons. The molecule has 0 aliphatic rings. The van der Waals surface area contributed by atoms with Gasteiger partial charge in [-0.05, 0) is 13.5 Å². The molecule has 0 saturated heterocycles. The van der Waals surface area contributed by atoms with Gasteiger partial charge in [0.2, 0.25) is 10.0 Å². The standard InChI is InChI=1S/C6H13NO4S/c1-6(8)11-4-3-5-12(9,10)7-2/h7H,3-5H2,1-2H3. The summed E-state index contributed by atoms with van der Waals surface area (Å²) in [7, 11) is -1.81. The van der Waals surface area contributed by atoms with Gasteiger partial charge in [-0.1, -0.05) is 0 Å². The van der Waals surface area contributed by atoms with E-state index < -0.39 is 16.0 Å². The second-order valence-corrected chi connectivity index (χ2v) is 4.26. The van der Waals surface area contributed by atoms with Gasteiger partial charge in [-0.3, -0.25) is 4.79 Å². The zero-order chi connectivity index (χ0) is 9.61. The maximum Gasteiger partial charge on any atom is 0.302 e. The average Bonchev–Trinajstić information content (AvgIpc) is 1.98. The number of carbonyl (C=O) groups excluding carboxylic acids is 1. The SMILES string of the molecule is CNS(=O)(=O)CCCOC(C)=O. The summed E-state index contributed by atoms with van der Waals surface area (Å²) in [6.45, 7) is 1.43. The van der Waals surface area contributed by atoms with Crippen LogP contribution in [-0.4, -0.2) is 33.8 Å². The van der Waals surface area contributed by atoms with E-state index in [1.54, 1.807) is 0 Å². The summed E-state index contributed by atoms with van der Waals surface area (Å²) in [6.07, 6.45) is 0.322. The van der Waals surface area contributed by atoms with Gasteiger partial charge in [0.05, 0.1) is 12.4 Å². The molecule has 0 amide bonds. The summed E-state index contributed by atoms with van der Waals surface area (Å²) in [5, 5.41) is 0. The number of sulfonamides is 1. The van der Waals surface area contributed by atoms with Gasteiger partial charge in [-0.15, -0.1) is 0 Å². The van der Waals surface area contributed by atoms with Crippen molar-refractivity contribution < 1.29 is 17.9 Å². The molecule has 0 aliphatic carbocycles. The molecule has 0 bridgehead atoms. The van der Waals surface area contributed by atoms with Gasteiger partial charge in [0.25, 0.3) is 0 Å². The van der Waals surface area contributed by atoms with Gasteiger partial charge in [0, 0.05) is 6.92 Å². The molecular formula is C6H13NO4S. The maximum atomic E-state index is 10.8. The minimum Gasteiger partial charge on any atom is -0.466 e. The van der Waals surface area contributed by atoms with Crippen molar-refractivity contribution in [3.05, 3.63) is 0 Å². The highest BCUT2D eigenvalue weighted by atomic mass is 32.2. The van der Waals surface area contributed by atoms with Gasteiger partial charge >= 0.3 is 5.97 Å². The summed E-state index contributed by atoms with van der Waals surface area (Å²) in [5.74, 6) is -0.409. The van der Waals surface area contributed by atoms with Crippen molar-refractivity contribution in [2.75, 3.05) is 19.4 Å². The molecule has 0 saturated carbocycles.